The molecule has 0 spiro atoms. The first-order valence-electron chi connectivity index (χ1n) is 8.52. The average Bonchev–Trinajstić information content (AvgIpc) is 3.19. The molecule has 0 aliphatic carbocycles. The molecular formula is C19H22N2O4S. The van der Waals surface area contributed by atoms with Gasteiger partial charge in [-0.25, -0.2) is 4.79 Å². The number of benzene rings is 1. The Morgan fingerprint density at radius 2 is 1.85 bits per heavy atom. The second kappa shape index (κ2) is 8.93. The molecule has 1 unspecified atom stereocenters. The molecule has 2 heterocycles. The number of thiophene rings is 1. The molecule has 1 aliphatic rings. The van der Waals surface area contributed by atoms with Crippen LogP contribution in [-0.4, -0.2) is 56.7 Å². The summed E-state index contributed by atoms with van der Waals surface area (Å²) in [5, 5.41) is 3.00. The predicted molar refractivity (Wildman–Crippen MR) is 99.6 cm³/mol. The van der Waals surface area contributed by atoms with Gasteiger partial charge in [0.1, 0.15) is 4.88 Å². The molecule has 6 nitrogen and oxygen atoms in total. The van der Waals surface area contributed by atoms with Gasteiger partial charge in [-0.2, -0.15) is 0 Å². The van der Waals surface area contributed by atoms with Gasteiger partial charge in [0, 0.05) is 19.6 Å². The Labute approximate surface area is 156 Å². The average molecular weight is 374 g/mol. The van der Waals surface area contributed by atoms with E-state index in [0.29, 0.717) is 29.5 Å². The Bertz CT molecular complexity index is 741. The Kier molecular flexibility index (Phi) is 6.38. The van der Waals surface area contributed by atoms with Gasteiger partial charge in [-0.3, -0.25) is 9.69 Å². The number of morpholine rings is 1. The van der Waals surface area contributed by atoms with Crippen LogP contribution in [-0.2, 0) is 9.47 Å². The molecule has 0 saturated carbocycles. The molecule has 0 radical (unpaired) electrons. The summed E-state index contributed by atoms with van der Waals surface area (Å²) in [4.78, 5) is 27.3. The molecule has 0 bridgehead atoms. The molecule has 26 heavy (non-hydrogen) atoms. The minimum atomic E-state index is -0.426. The van der Waals surface area contributed by atoms with Gasteiger partial charge in [0.05, 0.1) is 31.2 Å². The highest BCUT2D eigenvalue weighted by Crippen LogP contribution is 2.22. The van der Waals surface area contributed by atoms with Crippen LogP contribution in [0.25, 0.3) is 0 Å². The maximum atomic E-state index is 12.5. The monoisotopic (exact) mass is 374 g/mol. The number of ether oxygens (including phenoxy) is 2. The molecule has 138 valence electrons. The molecule has 1 aliphatic heterocycles. The van der Waals surface area contributed by atoms with E-state index in [1.165, 1.54) is 7.11 Å². The van der Waals surface area contributed by atoms with E-state index in [0.717, 1.165) is 30.0 Å². The molecule has 1 aromatic carbocycles. The topological polar surface area (TPSA) is 67.9 Å². The summed E-state index contributed by atoms with van der Waals surface area (Å²) in [5.74, 6) is -0.608. The molecule has 1 saturated heterocycles. The van der Waals surface area contributed by atoms with Crippen LogP contribution in [0.4, 0.5) is 0 Å². The Hall–Kier alpha value is -2.22. The van der Waals surface area contributed by atoms with E-state index in [4.69, 9.17) is 4.74 Å². The first-order valence-corrected chi connectivity index (χ1v) is 9.34. The summed E-state index contributed by atoms with van der Waals surface area (Å²) >= 11 is 1.14. The van der Waals surface area contributed by atoms with Crippen molar-refractivity contribution >= 4 is 23.2 Å². The van der Waals surface area contributed by atoms with Crippen LogP contribution in [0.2, 0.25) is 0 Å². The van der Waals surface area contributed by atoms with Crippen molar-refractivity contribution in [1.82, 2.24) is 10.2 Å². The second-order valence-corrected chi connectivity index (χ2v) is 7.02. The van der Waals surface area contributed by atoms with Crippen LogP contribution in [0.15, 0.2) is 42.5 Å². The highest BCUT2D eigenvalue weighted by Gasteiger charge is 2.23. The van der Waals surface area contributed by atoms with Gasteiger partial charge in [0.15, 0.2) is 0 Å². The highest BCUT2D eigenvalue weighted by molar-refractivity contribution is 7.15. The fourth-order valence-corrected chi connectivity index (χ4v) is 3.81. The van der Waals surface area contributed by atoms with E-state index in [-0.39, 0.29) is 11.9 Å². The van der Waals surface area contributed by atoms with Crippen molar-refractivity contribution in [2.24, 2.45) is 0 Å². The van der Waals surface area contributed by atoms with Crippen LogP contribution in [0.3, 0.4) is 0 Å². The largest absolute Gasteiger partial charge is 0.465 e. The molecule has 2 aromatic rings. The summed E-state index contributed by atoms with van der Waals surface area (Å²) in [6.07, 6.45) is 0. The SMILES string of the molecule is COC(=O)c1ccc(C(=O)NCC(c2ccccc2)N2CCOCC2)s1. The molecule has 3 rings (SSSR count). The van der Waals surface area contributed by atoms with Crippen LogP contribution in [0, 0.1) is 0 Å². The minimum absolute atomic E-state index is 0.0871. The number of rotatable bonds is 6. The predicted octanol–water partition coefficient (Wildman–Crippen LogP) is 2.34. The Balaban J connectivity index is 1.68. The molecular weight excluding hydrogens is 352 g/mol. The normalized spacial score (nSPS) is 16.0. The zero-order chi connectivity index (χ0) is 18.4. The minimum Gasteiger partial charge on any atom is -0.465 e. The van der Waals surface area contributed by atoms with Crippen molar-refractivity contribution in [3.8, 4) is 0 Å². The molecule has 1 fully saturated rings. The number of nitrogens with zero attached hydrogens (tertiary/aromatic N) is 1. The van der Waals surface area contributed by atoms with E-state index in [1.807, 2.05) is 18.2 Å². The number of esters is 1. The van der Waals surface area contributed by atoms with E-state index >= 15 is 0 Å². The fraction of sp³-hybridized carbons (Fsp3) is 0.368. The van der Waals surface area contributed by atoms with Gasteiger partial charge in [0.2, 0.25) is 0 Å². The summed E-state index contributed by atoms with van der Waals surface area (Å²) in [7, 11) is 1.33. The molecule has 7 heteroatoms. The molecule has 1 aromatic heterocycles. The number of amides is 1. The lowest BCUT2D eigenvalue weighted by molar-refractivity contribution is 0.0162. The van der Waals surface area contributed by atoms with Gasteiger partial charge < -0.3 is 14.8 Å². The van der Waals surface area contributed by atoms with Crippen molar-refractivity contribution in [2.75, 3.05) is 40.0 Å². The van der Waals surface area contributed by atoms with Gasteiger partial charge in [-0.05, 0) is 17.7 Å². The third-order valence-electron chi connectivity index (χ3n) is 4.34. The summed E-state index contributed by atoms with van der Waals surface area (Å²) in [6, 6.07) is 13.5. The van der Waals surface area contributed by atoms with Gasteiger partial charge >= 0.3 is 5.97 Å². The smallest absolute Gasteiger partial charge is 0.348 e. The molecule has 1 amide bonds. The summed E-state index contributed by atoms with van der Waals surface area (Å²) in [5.41, 5.74) is 1.16. The third-order valence-corrected chi connectivity index (χ3v) is 5.41. The maximum Gasteiger partial charge on any atom is 0.348 e. The van der Waals surface area contributed by atoms with Crippen LogP contribution in [0.1, 0.15) is 30.9 Å². The van der Waals surface area contributed by atoms with E-state index in [9.17, 15) is 9.59 Å². The zero-order valence-corrected chi connectivity index (χ0v) is 15.5. The van der Waals surface area contributed by atoms with E-state index in [1.54, 1.807) is 12.1 Å². The number of nitrogens with one attached hydrogen (secondary N) is 1. The van der Waals surface area contributed by atoms with Crippen LogP contribution in [0.5, 0.6) is 0 Å². The highest BCUT2D eigenvalue weighted by atomic mass is 32.1. The second-order valence-electron chi connectivity index (χ2n) is 5.94. The lowest BCUT2D eigenvalue weighted by Crippen LogP contribution is -2.43. The number of carbonyl (C=O) groups is 2. The quantitative estimate of drug-likeness (QED) is 0.786. The van der Waals surface area contributed by atoms with Crippen molar-refractivity contribution in [3.05, 3.63) is 57.8 Å². The third kappa shape index (κ3) is 4.49. The molecule has 1 N–H and O–H groups in total. The van der Waals surface area contributed by atoms with Crippen LogP contribution >= 0.6 is 11.3 Å². The number of carbonyl (C=O) groups excluding carboxylic acids is 2. The maximum absolute atomic E-state index is 12.5. The number of hydrogen-bond donors (Lipinski definition) is 1. The number of hydrogen-bond acceptors (Lipinski definition) is 6. The number of methoxy groups -OCH3 is 1. The van der Waals surface area contributed by atoms with Crippen molar-refractivity contribution < 1.29 is 19.1 Å². The first kappa shape index (κ1) is 18.6. The summed E-state index contributed by atoms with van der Waals surface area (Å²) in [6.45, 7) is 3.56. The zero-order valence-electron chi connectivity index (χ0n) is 14.6. The molecule has 1 atom stereocenters. The van der Waals surface area contributed by atoms with E-state index in [2.05, 4.69) is 27.1 Å². The van der Waals surface area contributed by atoms with Gasteiger partial charge in [-0.15, -0.1) is 11.3 Å². The van der Waals surface area contributed by atoms with Gasteiger partial charge in [0.25, 0.3) is 5.91 Å². The van der Waals surface area contributed by atoms with Crippen molar-refractivity contribution in [1.29, 1.82) is 0 Å². The Morgan fingerprint density at radius 3 is 2.54 bits per heavy atom. The van der Waals surface area contributed by atoms with E-state index < -0.39 is 5.97 Å². The Morgan fingerprint density at radius 1 is 1.15 bits per heavy atom. The van der Waals surface area contributed by atoms with Crippen LogP contribution < -0.4 is 5.32 Å². The van der Waals surface area contributed by atoms with Gasteiger partial charge in [-0.1, -0.05) is 30.3 Å². The van der Waals surface area contributed by atoms with Crippen molar-refractivity contribution in [3.63, 3.8) is 0 Å². The van der Waals surface area contributed by atoms with Crippen molar-refractivity contribution in [2.45, 2.75) is 6.04 Å². The first-order chi connectivity index (χ1) is 12.7. The summed E-state index contributed by atoms with van der Waals surface area (Å²) < 4.78 is 10.1. The standard InChI is InChI=1S/C19H22N2O4S/c1-24-19(23)17-8-7-16(26-17)18(22)20-13-15(14-5-3-2-4-6-14)21-9-11-25-12-10-21/h2-8,15H,9-13H2,1H3,(H,20,22). The fourth-order valence-electron chi connectivity index (χ4n) is 2.97. The lowest BCUT2D eigenvalue weighted by atomic mass is 10.0. The lowest BCUT2D eigenvalue weighted by Gasteiger charge is -2.34.